The lowest BCUT2D eigenvalue weighted by molar-refractivity contribution is -0.117. The number of nitrogens with zero attached hydrogens (tertiary/aromatic N) is 1. The third kappa shape index (κ3) is 3.29. The van der Waals surface area contributed by atoms with Crippen LogP contribution in [0, 0.1) is 11.3 Å². The maximum absolute atomic E-state index is 11.9. The molecule has 0 spiro atoms. The number of nitriles is 1. The number of hydrogen-bond acceptors (Lipinski definition) is 4. The Labute approximate surface area is 117 Å². The summed E-state index contributed by atoms with van der Waals surface area (Å²) in [5.74, 6) is 0.865. The summed E-state index contributed by atoms with van der Waals surface area (Å²) in [6.07, 6.45) is 3.49. The smallest absolute Gasteiger partial charge is 0.262 e. The van der Waals surface area contributed by atoms with E-state index in [2.05, 4.69) is 5.32 Å². The predicted octanol–water partition coefficient (Wildman–Crippen LogP) is 1.89. The Morgan fingerprint density at radius 3 is 2.70 bits per heavy atom. The normalized spacial score (nSPS) is 14.3. The van der Waals surface area contributed by atoms with Crippen LogP contribution in [-0.4, -0.2) is 26.2 Å². The van der Waals surface area contributed by atoms with Crippen LogP contribution < -0.4 is 14.8 Å². The Kier molecular flexibility index (Phi) is 4.26. The number of rotatable bonds is 5. The first-order valence-electron chi connectivity index (χ1n) is 6.32. The van der Waals surface area contributed by atoms with Crippen LogP contribution in [0.2, 0.25) is 0 Å². The summed E-state index contributed by atoms with van der Waals surface area (Å²) in [5, 5.41) is 11.9. The maximum Gasteiger partial charge on any atom is 0.262 e. The highest BCUT2D eigenvalue weighted by Gasteiger charge is 2.24. The zero-order chi connectivity index (χ0) is 14.5. The van der Waals surface area contributed by atoms with Gasteiger partial charge in [-0.05, 0) is 31.1 Å². The SMILES string of the molecule is COc1ccc(/C=C(\C#N)C(=O)NC2CC2)c(OC)c1. The van der Waals surface area contributed by atoms with Crippen molar-refractivity contribution in [1.82, 2.24) is 5.32 Å². The summed E-state index contributed by atoms with van der Waals surface area (Å²) in [5.41, 5.74) is 0.733. The lowest BCUT2D eigenvalue weighted by Crippen LogP contribution is -2.26. The van der Waals surface area contributed by atoms with Crippen molar-refractivity contribution in [2.24, 2.45) is 0 Å². The number of hydrogen-bond donors (Lipinski definition) is 1. The van der Waals surface area contributed by atoms with Crippen molar-refractivity contribution in [3.05, 3.63) is 29.3 Å². The van der Waals surface area contributed by atoms with Gasteiger partial charge >= 0.3 is 0 Å². The van der Waals surface area contributed by atoms with E-state index in [1.165, 1.54) is 13.2 Å². The van der Waals surface area contributed by atoms with E-state index in [0.29, 0.717) is 17.1 Å². The quantitative estimate of drug-likeness (QED) is 0.656. The van der Waals surface area contributed by atoms with Crippen LogP contribution in [0.1, 0.15) is 18.4 Å². The van der Waals surface area contributed by atoms with Crippen molar-refractivity contribution in [2.75, 3.05) is 14.2 Å². The van der Waals surface area contributed by atoms with E-state index >= 15 is 0 Å². The number of carbonyl (C=O) groups is 1. The van der Waals surface area contributed by atoms with Crippen LogP contribution in [0.4, 0.5) is 0 Å². The molecule has 0 aromatic heterocycles. The van der Waals surface area contributed by atoms with Gasteiger partial charge in [0.15, 0.2) is 0 Å². The molecule has 1 fully saturated rings. The number of methoxy groups -OCH3 is 2. The first-order chi connectivity index (χ1) is 9.67. The Balaban J connectivity index is 2.26. The number of benzene rings is 1. The molecule has 0 heterocycles. The van der Waals surface area contributed by atoms with Crippen LogP contribution >= 0.6 is 0 Å². The average Bonchev–Trinajstić information content (AvgIpc) is 3.28. The molecule has 1 aliphatic rings. The van der Waals surface area contributed by atoms with Gasteiger partial charge in [0.2, 0.25) is 0 Å². The Morgan fingerprint density at radius 1 is 1.40 bits per heavy atom. The molecule has 0 aliphatic heterocycles. The second kappa shape index (κ2) is 6.11. The van der Waals surface area contributed by atoms with Crippen molar-refractivity contribution in [1.29, 1.82) is 5.26 Å². The molecule has 1 aromatic rings. The molecule has 0 saturated heterocycles. The fourth-order valence-electron chi connectivity index (χ4n) is 1.73. The molecule has 5 heteroatoms. The zero-order valence-electron chi connectivity index (χ0n) is 11.5. The van der Waals surface area contributed by atoms with E-state index in [0.717, 1.165) is 12.8 Å². The molecule has 20 heavy (non-hydrogen) atoms. The van der Waals surface area contributed by atoms with E-state index in [-0.39, 0.29) is 17.5 Å². The minimum absolute atomic E-state index is 0.0698. The lowest BCUT2D eigenvalue weighted by atomic mass is 10.1. The molecule has 1 amide bonds. The summed E-state index contributed by atoms with van der Waals surface area (Å²) in [6, 6.07) is 7.35. The van der Waals surface area contributed by atoms with Crippen molar-refractivity contribution in [3.8, 4) is 17.6 Å². The molecular formula is C15H16N2O3. The molecule has 0 bridgehead atoms. The van der Waals surface area contributed by atoms with Crippen LogP contribution in [0.25, 0.3) is 6.08 Å². The van der Waals surface area contributed by atoms with E-state index in [1.54, 1.807) is 25.3 Å². The Hall–Kier alpha value is -2.48. The minimum Gasteiger partial charge on any atom is -0.497 e. The summed E-state index contributed by atoms with van der Waals surface area (Å²) >= 11 is 0. The second-order valence-electron chi connectivity index (χ2n) is 4.53. The van der Waals surface area contributed by atoms with Gasteiger partial charge in [-0.15, -0.1) is 0 Å². The number of carbonyl (C=O) groups excluding carboxylic acids is 1. The Bertz CT molecular complexity index is 583. The molecular weight excluding hydrogens is 256 g/mol. The molecule has 1 N–H and O–H groups in total. The fourth-order valence-corrected chi connectivity index (χ4v) is 1.73. The van der Waals surface area contributed by atoms with Crippen molar-refractivity contribution >= 4 is 12.0 Å². The number of nitrogens with one attached hydrogen (secondary N) is 1. The minimum atomic E-state index is -0.340. The van der Waals surface area contributed by atoms with Gasteiger partial charge in [-0.1, -0.05) is 0 Å². The molecule has 1 aliphatic carbocycles. The first kappa shape index (κ1) is 13.9. The van der Waals surface area contributed by atoms with Crippen LogP contribution in [0.3, 0.4) is 0 Å². The van der Waals surface area contributed by atoms with Crippen molar-refractivity contribution in [3.63, 3.8) is 0 Å². The second-order valence-corrected chi connectivity index (χ2v) is 4.53. The fraction of sp³-hybridized carbons (Fsp3) is 0.333. The summed E-state index contributed by atoms with van der Waals surface area (Å²) in [7, 11) is 3.09. The van der Waals surface area contributed by atoms with Crippen LogP contribution in [0.15, 0.2) is 23.8 Å². The molecule has 104 valence electrons. The predicted molar refractivity (Wildman–Crippen MR) is 74.3 cm³/mol. The summed E-state index contributed by atoms with van der Waals surface area (Å²) in [6.45, 7) is 0. The van der Waals surface area contributed by atoms with Gasteiger partial charge in [0.05, 0.1) is 14.2 Å². The third-order valence-corrected chi connectivity index (χ3v) is 3.02. The molecule has 1 saturated carbocycles. The van der Waals surface area contributed by atoms with Crippen LogP contribution in [-0.2, 0) is 4.79 Å². The topological polar surface area (TPSA) is 71.3 Å². The largest absolute Gasteiger partial charge is 0.497 e. The molecule has 0 radical (unpaired) electrons. The van der Waals surface area contributed by atoms with E-state index in [4.69, 9.17) is 14.7 Å². The van der Waals surface area contributed by atoms with Gasteiger partial charge in [-0.25, -0.2) is 0 Å². The van der Waals surface area contributed by atoms with E-state index in [1.807, 2.05) is 6.07 Å². The van der Waals surface area contributed by atoms with Crippen molar-refractivity contribution < 1.29 is 14.3 Å². The molecule has 2 rings (SSSR count). The van der Waals surface area contributed by atoms with Gasteiger partial charge in [0.25, 0.3) is 5.91 Å². The maximum atomic E-state index is 11.9. The van der Waals surface area contributed by atoms with E-state index in [9.17, 15) is 4.79 Å². The van der Waals surface area contributed by atoms with Gasteiger partial charge < -0.3 is 14.8 Å². The average molecular weight is 272 g/mol. The monoisotopic (exact) mass is 272 g/mol. The molecule has 5 nitrogen and oxygen atoms in total. The highest BCUT2D eigenvalue weighted by atomic mass is 16.5. The van der Waals surface area contributed by atoms with Gasteiger partial charge in [-0.3, -0.25) is 4.79 Å². The first-order valence-corrected chi connectivity index (χ1v) is 6.32. The van der Waals surface area contributed by atoms with E-state index < -0.39 is 0 Å². The Morgan fingerprint density at radius 2 is 2.15 bits per heavy atom. The summed E-state index contributed by atoms with van der Waals surface area (Å²) < 4.78 is 10.3. The van der Waals surface area contributed by atoms with Gasteiger partial charge in [-0.2, -0.15) is 5.26 Å². The highest BCUT2D eigenvalue weighted by molar-refractivity contribution is 6.02. The van der Waals surface area contributed by atoms with Crippen molar-refractivity contribution in [2.45, 2.75) is 18.9 Å². The highest BCUT2D eigenvalue weighted by Crippen LogP contribution is 2.26. The standard InChI is InChI=1S/C15H16N2O3/c1-19-13-6-3-10(14(8-13)20-2)7-11(9-16)15(18)17-12-4-5-12/h3,6-8,12H,4-5H2,1-2H3,(H,17,18)/b11-7+. The lowest BCUT2D eigenvalue weighted by Gasteiger charge is -2.08. The van der Waals surface area contributed by atoms with Gasteiger partial charge in [0.1, 0.15) is 23.1 Å². The molecule has 1 aromatic carbocycles. The number of amides is 1. The molecule has 0 unspecified atom stereocenters. The molecule has 0 atom stereocenters. The third-order valence-electron chi connectivity index (χ3n) is 3.02. The van der Waals surface area contributed by atoms with Crippen LogP contribution in [0.5, 0.6) is 11.5 Å². The number of ether oxygens (including phenoxy) is 2. The zero-order valence-corrected chi connectivity index (χ0v) is 11.5. The summed E-state index contributed by atoms with van der Waals surface area (Å²) in [4.78, 5) is 11.9. The van der Waals surface area contributed by atoms with Gasteiger partial charge in [0, 0.05) is 17.7 Å².